The van der Waals surface area contributed by atoms with Crippen LogP contribution in [0.25, 0.3) is 0 Å². The Morgan fingerprint density at radius 1 is 1.20 bits per heavy atom. The second kappa shape index (κ2) is 4.84. The fourth-order valence-corrected chi connectivity index (χ4v) is 3.30. The molecule has 2 fully saturated rings. The molecule has 0 aromatic heterocycles. The summed E-state index contributed by atoms with van der Waals surface area (Å²) in [5.41, 5.74) is 6.44. The van der Waals surface area contributed by atoms with E-state index in [2.05, 4.69) is 11.8 Å². The molecule has 2 heteroatoms. The highest BCUT2D eigenvalue weighted by molar-refractivity contribution is 4.93. The smallest absolute Gasteiger partial charge is 0.00953 e. The molecule has 0 spiro atoms. The van der Waals surface area contributed by atoms with Gasteiger partial charge >= 0.3 is 0 Å². The van der Waals surface area contributed by atoms with E-state index in [4.69, 9.17) is 5.73 Å². The van der Waals surface area contributed by atoms with Gasteiger partial charge in [-0.2, -0.15) is 0 Å². The molecule has 0 aromatic carbocycles. The van der Waals surface area contributed by atoms with Crippen molar-refractivity contribution in [2.45, 2.75) is 57.9 Å². The molecule has 2 aliphatic carbocycles. The van der Waals surface area contributed by atoms with E-state index >= 15 is 0 Å². The highest BCUT2D eigenvalue weighted by Crippen LogP contribution is 2.41. The van der Waals surface area contributed by atoms with Gasteiger partial charge in [0.15, 0.2) is 0 Å². The lowest BCUT2D eigenvalue weighted by atomic mass is 9.68. The molecule has 0 aliphatic heterocycles. The zero-order chi connectivity index (χ0) is 10.7. The first kappa shape index (κ1) is 11.4. The lowest BCUT2D eigenvalue weighted by Crippen LogP contribution is -2.49. The van der Waals surface area contributed by atoms with Crippen LogP contribution in [-0.4, -0.2) is 30.6 Å². The van der Waals surface area contributed by atoms with Crippen LogP contribution in [0.4, 0.5) is 0 Å². The zero-order valence-corrected chi connectivity index (χ0v) is 10.2. The van der Waals surface area contributed by atoms with Crippen LogP contribution < -0.4 is 5.73 Å². The van der Waals surface area contributed by atoms with Gasteiger partial charge in [-0.3, -0.25) is 0 Å². The monoisotopic (exact) mass is 210 g/mol. The molecule has 0 atom stereocenters. The standard InChI is InChI=1S/C13H26N2/c1-2-15(12-6-3-4-7-12)11-13(10-14)8-5-9-13/h12H,2-11,14H2,1H3. The van der Waals surface area contributed by atoms with Gasteiger partial charge in [0.05, 0.1) is 0 Å². The van der Waals surface area contributed by atoms with Gasteiger partial charge in [-0.25, -0.2) is 0 Å². The van der Waals surface area contributed by atoms with Crippen LogP contribution in [0.2, 0.25) is 0 Å². The first-order chi connectivity index (χ1) is 7.29. The Balaban J connectivity index is 1.89. The van der Waals surface area contributed by atoms with Crippen LogP contribution in [0, 0.1) is 5.41 Å². The molecule has 2 N–H and O–H groups in total. The van der Waals surface area contributed by atoms with E-state index in [1.807, 2.05) is 0 Å². The van der Waals surface area contributed by atoms with Crippen molar-refractivity contribution in [2.75, 3.05) is 19.6 Å². The summed E-state index contributed by atoms with van der Waals surface area (Å²) in [6.45, 7) is 5.69. The van der Waals surface area contributed by atoms with Gasteiger partial charge < -0.3 is 10.6 Å². The van der Waals surface area contributed by atoms with E-state index in [9.17, 15) is 0 Å². The molecule has 0 amide bonds. The lowest BCUT2D eigenvalue weighted by molar-refractivity contribution is 0.0555. The summed E-state index contributed by atoms with van der Waals surface area (Å²) in [7, 11) is 0. The summed E-state index contributed by atoms with van der Waals surface area (Å²) < 4.78 is 0. The SMILES string of the molecule is CCN(CC1(CN)CCC1)C1CCCC1. The van der Waals surface area contributed by atoms with Crippen LogP contribution in [-0.2, 0) is 0 Å². The molecule has 2 rings (SSSR count). The fourth-order valence-electron chi connectivity index (χ4n) is 3.30. The molecule has 0 saturated heterocycles. The third-order valence-corrected chi connectivity index (χ3v) is 4.63. The van der Waals surface area contributed by atoms with Crippen molar-refractivity contribution in [2.24, 2.45) is 11.1 Å². The molecule has 2 aliphatic rings. The highest BCUT2D eigenvalue weighted by atomic mass is 15.2. The van der Waals surface area contributed by atoms with Gasteiger partial charge in [0.25, 0.3) is 0 Å². The fraction of sp³-hybridized carbons (Fsp3) is 1.00. The van der Waals surface area contributed by atoms with Gasteiger partial charge in [0, 0.05) is 12.6 Å². The van der Waals surface area contributed by atoms with Crippen LogP contribution in [0.15, 0.2) is 0 Å². The zero-order valence-electron chi connectivity index (χ0n) is 10.2. The summed E-state index contributed by atoms with van der Waals surface area (Å²) in [6.07, 6.45) is 9.87. The van der Waals surface area contributed by atoms with Crippen molar-refractivity contribution in [3.8, 4) is 0 Å². The third-order valence-electron chi connectivity index (χ3n) is 4.63. The molecular weight excluding hydrogens is 184 g/mol. The number of hydrogen-bond acceptors (Lipinski definition) is 2. The molecule has 88 valence electrons. The predicted octanol–water partition coefficient (Wildman–Crippen LogP) is 2.38. The Bertz CT molecular complexity index is 187. The average molecular weight is 210 g/mol. The quantitative estimate of drug-likeness (QED) is 0.755. The van der Waals surface area contributed by atoms with Crippen LogP contribution >= 0.6 is 0 Å². The number of nitrogens with two attached hydrogens (primary N) is 1. The van der Waals surface area contributed by atoms with Gasteiger partial charge in [-0.15, -0.1) is 0 Å². The van der Waals surface area contributed by atoms with Gasteiger partial charge in [0.1, 0.15) is 0 Å². The van der Waals surface area contributed by atoms with Crippen LogP contribution in [0.1, 0.15) is 51.9 Å². The van der Waals surface area contributed by atoms with Gasteiger partial charge in [0.2, 0.25) is 0 Å². The lowest BCUT2D eigenvalue weighted by Gasteiger charge is -2.45. The minimum absolute atomic E-state index is 0.499. The molecule has 0 bridgehead atoms. The molecule has 2 nitrogen and oxygen atoms in total. The topological polar surface area (TPSA) is 29.3 Å². The van der Waals surface area contributed by atoms with Crippen molar-refractivity contribution >= 4 is 0 Å². The van der Waals surface area contributed by atoms with Crippen LogP contribution in [0.3, 0.4) is 0 Å². The number of nitrogens with zero attached hydrogens (tertiary/aromatic N) is 1. The maximum absolute atomic E-state index is 5.94. The van der Waals surface area contributed by atoms with Crippen molar-refractivity contribution in [3.05, 3.63) is 0 Å². The third kappa shape index (κ3) is 2.36. The maximum Gasteiger partial charge on any atom is 0.00953 e. The first-order valence-corrected chi connectivity index (χ1v) is 6.74. The summed E-state index contributed by atoms with van der Waals surface area (Å²) in [4.78, 5) is 2.71. The summed E-state index contributed by atoms with van der Waals surface area (Å²) >= 11 is 0. The number of hydrogen-bond donors (Lipinski definition) is 1. The van der Waals surface area contributed by atoms with E-state index in [1.165, 1.54) is 58.0 Å². The van der Waals surface area contributed by atoms with Gasteiger partial charge in [-0.1, -0.05) is 26.2 Å². The summed E-state index contributed by atoms with van der Waals surface area (Å²) in [5.74, 6) is 0. The predicted molar refractivity (Wildman–Crippen MR) is 64.8 cm³/mol. The molecular formula is C13H26N2. The maximum atomic E-state index is 5.94. The Kier molecular flexibility index (Phi) is 3.68. The molecule has 0 heterocycles. The summed E-state index contributed by atoms with van der Waals surface area (Å²) in [5, 5.41) is 0. The average Bonchev–Trinajstić information content (AvgIpc) is 2.71. The van der Waals surface area contributed by atoms with Crippen molar-refractivity contribution in [1.29, 1.82) is 0 Å². The second-order valence-corrected chi connectivity index (χ2v) is 5.56. The molecule has 0 unspecified atom stereocenters. The Morgan fingerprint density at radius 3 is 2.27 bits per heavy atom. The van der Waals surface area contributed by atoms with E-state index < -0.39 is 0 Å². The normalized spacial score (nSPS) is 25.8. The minimum atomic E-state index is 0.499. The molecule has 2 saturated carbocycles. The van der Waals surface area contributed by atoms with Crippen molar-refractivity contribution < 1.29 is 0 Å². The summed E-state index contributed by atoms with van der Waals surface area (Å²) in [6, 6.07) is 0.874. The minimum Gasteiger partial charge on any atom is -0.330 e. The van der Waals surface area contributed by atoms with E-state index in [0.29, 0.717) is 5.41 Å². The first-order valence-electron chi connectivity index (χ1n) is 6.74. The van der Waals surface area contributed by atoms with E-state index in [-0.39, 0.29) is 0 Å². The second-order valence-electron chi connectivity index (χ2n) is 5.56. The largest absolute Gasteiger partial charge is 0.330 e. The molecule has 15 heavy (non-hydrogen) atoms. The molecule has 0 aromatic rings. The Hall–Kier alpha value is -0.0800. The Labute approximate surface area is 94.2 Å². The highest BCUT2D eigenvalue weighted by Gasteiger charge is 2.38. The molecule has 0 radical (unpaired) electrons. The van der Waals surface area contributed by atoms with E-state index in [0.717, 1.165) is 12.6 Å². The Morgan fingerprint density at radius 2 is 1.87 bits per heavy atom. The van der Waals surface area contributed by atoms with Gasteiger partial charge in [-0.05, 0) is 44.2 Å². The van der Waals surface area contributed by atoms with Crippen molar-refractivity contribution in [3.63, 3.8) is 0 Å². The van der Waals surface area contributed by atoms with Crippen molar-refractivity contribution in [1.82, 2.24) is 4.90 Å². The van der Waals surface area contributed by atoms with Crippen LogP contribution in [0.5, 0.6) is 0 Å². The van der Waals surface area contributed by atoms with E-state index in [1.54, 1.807) is 0 Å². The number of rotatable bonds is 5.